The van der Waals surface area contributed by atoms with Gasteiger partial charge < -0.3 is 20.1 Å². The normalized spacial score (nSPS) is 20.9. The fourth-order valence-electron chi connectivity index (χ4n) is 4.80. The first kappa shape index (κ1) is 28.9. The van der Waals surface area contributed by atoms with Gasteiger partial charge in [0.25, 0.3) is 0 Å². The lowest BCUT2D eigenvalue weighted by molar-refractivity contribution is -0.137. The Morgan fingerprint density at radius 2 is 1.90 bits per heavy atom. The van der Waals surface area contributed by atoms with Crippen LogP contribution < -0.4 is 10.1 Å². The van der Waals surface area contributed by atoms with Gasteiger partial charge in [-0.2, -0.15) is 13.2 Å². The van der Waals surface area contributed by atoms with E-state index in [2.05, 4.69) is 5.32 Å². The number of ether oxygens (including phenoxy) is 1. The Morgan fingerprint density at radius 1 is 1.21 bits per heavy atom. The van der Waals surface area contributed by atoms with Gasteiger partial charge in [0, 0.05) is 42.7 Å². The van der Waals surface area contributed by atoms with Gasteiger partial charge in [-0.15, -0.1) is 0 Å². The number of carbonyl (C=O) groups is 2. The number of nitrogens with one attached hydrogen (secondary N) is 1. The fourth-order valence-corrected chi connectivity index (χ4v) is 4.80. The number of likely N-dealkylation sites (N-methyl/N-ethyl adjacent to an activating group) is 1. The summed E-state index contributed by atoms with van der Waals surface area (Å²) in [7, 11) is 1.87. The van der Waals surface area contributed by atoms with Gasteiger partial charge in [-0.25, -0.2) is 0 Å². The number of rotatable bonds is 8. The molecule has 7 nitrogen and oxygen atoms in total. The Bertz CT molecular complexity index is 1170. The SMILES string of the molecule is C[C@H]1CN([C@@H](C)CO)C(=O)Cc2cc(NC(=O)C3CC3)ccc2O[C@H]1CN(C)Cc1ccc(C(F)(F)F)cc1. The van der Waals surface area contributed by atoms with Crippen LogP contribution in [-0.2, 0) is 28.7 Å². The highest BCUT2D eigenvalue weighted by Gasteiger charge is 2.33. The average Bonchev–Trinajstić information content (AvgIpc) is 3.72. The molecule has 1 fully saturated rings. The predicted octanol–water partition coefficient (Wildman–Crippen LogP) is 4.33. The number of fused-ring (bicyclic) bond motifs is 1. The first-order valence-electron chi connectivity index (χ1n) is 13.3. The molecule has 1 aliphatic carbocycles. The minimum atomic E-state index is -4.38. The van der Waals surface area contributed by atoms with Gasteiger partial charge in [0.15, 0.2) is 0 Å². The van der Waals surface area contributed by atoms with Crippen molar-refractivity contribution in [2.75, 3.05) is 32.1 Å². The van der Waals surface area contributed by atoms with Crippen molar-refractivity contribution in [3.63, 3.8) is 0 Å². The number of halogens is 3. The van der Waals surface area contributed by atoms with E-state index in [0.717, 1.165) is 30.5 Å². The predicted molar refractivity (Wildman–Crippen MR) is 141 cm³/mol. The zero-order chi connectivity index (χ0) is 28.3. The highest BCUT2D eigenvalue weighted by atomic mass is 19.4. The van der Waals surface area contributed by atoms with Crippen LogP contribution in [0.3, 0.4) is 0 Å². The van der Waals surface area contributed by atoms with E-state index in [9.17, 15) is 27.9 Å². The molecule has 1 heterocycles. The molecule has 1 saturated carbocycles. The van der Waals surface area contributed by atoms with Crippen molar-refractivity contribution >= 4 is 17.5 Å². The van der Waals surface area contributed by atoms with Gasteiger partial charge in [-0.05, 0) is 62.7 Å². The minimum Gasteiger partial charge on any atom is -0.488 e. The molecule has 4 rings (SSSR count). The molecule has 2 N–H and O–H groups in total. The maximum absolute atomic E-state index is 13.3. The summed E-state index contributed by atoms with van der Waals surface area (Å²) in [5, 5.41) is 12.7. The van der Waals surface area contributed by atoms with Crippen LogP contribution in [0.1, 0.15) is 43.4 Å². The fraction of sp³-hybridized carbons (Fsp3) is 0.517. The zero-order valence-corrected chi connectivity index (χ0v) is 22.5. The summed E-state index contributed by atoms with van der Waals surface area (Å²) in [4.78, 5) is 29.3. The van der Waals surface area contributed by atoms with Crippen LogP contribution in [0.5, 0.6) is 5.75 Å². The highest BCUT2D eigenvalue weighted by Crippen LogP contribution is 2.33. The first-order chi connectivity index (χ1) is 18.4. The summed E-state index contributed by atoms with van der Waals surface area (Å²) in [5.74, 6) is 0.304. The van der Waals surface area contributed by atoms with Crippen molar-refractivity contribution in [1.82, 2.24) is 9.80 Å². The van der Waals surface area contributed by atoms with E-state index in [1.165, 1.54) is 12.1 Å². The third kappa shape index (κ3) is 7.51. The summed E-state index contributed by atoms with van der Waals surface area (Å²) in [6, 6.07) is 10.0. The van der Waals surface area contributed by atoms with Crippen molar-refractivity contribution < 1.29 is 32.6 Å². The second kappa shape index (κ2) is 12.0. The van der Waals surface area contributed by atoms with E-state index in [1.54, 1.807) is 30.0 Å². The Labute approximate surface area is 226 Å². The summed E-state index contributed by atoms with van der Waals surface area (Å²) in [5.41, 5.74) is 1.30. The van der Waals surface area contributed by atoms with Gasteiger partial charge in [-0.1, -0.05) is 19.1 Å². The molecular formula is C29H36F3N3O4. The van der Waals surface area contributed by atoms with Crippen molar-refractivity contribution in [3.05, 3.63) is 59.2 Å². The molecule has 0 aromatic heterocycles. The number of anilines is 1. The number of benzene rings is 2. The third-order valence-electron chi connectivity index (χ3n) is 7.36. The lowest BCUT2D eigenvalue weighted by Gasteiger charge is -2.34. The van der Waals surface area contributed by atoms with Gasteiger partial charge in [0.2, 0.25) is 11.8 Å². The summed E-state index contributed by atoms with van der Waals surface area (Å²) >= 11 is 0. The number of hydrogen-bond acceptors (Lipinski definition) is 5. The zero-order valence-electron chi connectivity index (χ0n) is 22.5. The monoisotopic (exact) mass is 547 g/mol. The number of carbonyl (C=O) groups excluding carboxylic acids is 2. The minimum absolute atomic E-state index is 0.0304. The van der Waals surface area contributed by atoms with E-state index in [4.69, 9.17) is 4.74 Å². The maximum atomic E-state index is 13.3. The van der Waals surface area contributed by atoms with E-state index in [0.29, 0.717) is 36.6 Å². The lowest BCUT2D eigenvalue weighted by atomic mass is 10.0. The molecule has 0 radical (unpaired) electrons. The van der Waals surface area contributed by atoms with Crippen LogP contribution in [-0.4, -0.2) is 65.6 Å². The second-order valence-electron chi connectivity index (χ2n) is 10.9. The Hall–Kier alpha value is -3.11. The standard InChI is InChI=1S/C29H36F3N3O4/c1-18-14-35(19(2)17-36)27(37)13-22-12-24(33-28(38)21-6-7-21)10-11-25(22)39-26(18)16-34(3)15-20-4-8-23(9-5-20)29(30,31)32/h4-5,8-12,18-19,21,26,36H,6-7,13-17H2,1-3H3,(H,33,38)/t18-,19-,26-/m0/s1. The van der Waals surface area contributed by atoms with E-state index in [-0.39, 0.29) is 48.8 Å². The largest absolute Gasteiger partial charge is 0.488 e. The summed E-state index contributed by atoms with van der Waals surface area (Å²) in [6.07, 6.45) is -2.91. The molecular weight excluding hydrogens is 511 g/mol. The maximum Gasteiger partial charge on any atom is 0.416 e. The molecule has 0 saturated heterocycles. The number of alkyl halides is 3. The summed E-state index contributed by atoms with van der Waals surface area (Å²) < 4.78 is 45.3. The molecule has 2 aromatic rings. The number of nitrogens with zero attached hydrogens (tertiary/aromatic N) is 2. The Kier molecular flexibility index (Phi) is 8.86. The smallest absolute Gasteiger partial charge is 0.416 e. The molecule has 0 bridgehead atoms. The third-order valence-corrected chi connectivity index (χ3v) is 7.36. The van der Waals surface area contributed by atoms with Gasteiger partial charge in [0.1, 0.15) is 11.9 Å². The molecule has 2 amide bonds. The molecule has 39 heavy (non-hydrogen) atoms. The molecule has 10 heteroatoms. The molecule has 0 unspecified atom stereocenters. The van der Waals surface area contributed by atoms with Crippen LogP contribution in [0.15, 0.2) is 42.5 Å². The number of amides is 2. The van der Waals surface area contributed by atoms with Crippen molar-refractivity contribution in [2.24, 2.45) is 11.8 Å². The van der Waals surface area contributed by atoms with Crippen LogP contribution >= 0.6 is 0 Å². The molecule has 0 spiro atoms. The Morgan fingerprint density at radius 3 is 2.51 bits per heavy atom. The molecule has 3 atom stereocenters. The molecule has 2 aromatic carbocycles. The van der Waals surface area contributed by atoms with Crippen LogP contribution in [0, 0.1) is 11.8 Å². The molecule has 2 aliphatic rings. The highest BCUT2D eigenvalue weighted by molar-refractivity contribution is 5.94. The number of aliphatic hydroxyl groups excluding tert-OH is 1. The van der Waals surface area contributed by atoms with E-state index >= 15 is 0 Å². The number of hydrogen-bond donors (Lipinski definition) is 2. The molecule has 1 aliphatic heterocycles. The quantitative estimate of drug-likeness (QED) is 0.514. The average molecular weight is 548 g/mol. The van der Waals surface area contributed by atoms with Gasteiger partial charge in [-0.3, -0.25) is 14.5 Å². The lowest BCUT2D eigenvalue weighted by Crippen LogP contribution is -2.47. The van der Waals surface area contributed by atoms with E-state index in [1.807, 2.05) is 18.9 Å². The van der Waals surface area contributed by atoms with Crippen LogP contribution in [0.2, 0.25) is 0 Å². The van der Waals surface area contributed by atoms with E-state index < -0.39 is 11.7 Å². The van der Waals surface area contributed by atoms with Crippen LogP contribution in [0.4, 0.5) is 18.9 Å². The first-order valence-corrected chi connectivity index (χ1v) is 13.3. The molecule has 212 valence electrons. The van der Waals surface area contributed by atoms with Crippen molar-refractivity contribution in [1.29, 1.82) is 0 Å². The van der Waals surface area contributed by atoms with Gasteiger partial charge >= 0.3 is 6.18 Å². The van der Waals surface area contributed by atoms with Gasteiger partial charge in [0.05, 0.1) is 24.6 Å². The topological polar surface area (TPSA) is 82.1 Å². The second-order valence-corrected chi connectivity index (χ2v) is 10.9. The van der Waals surface area contributed by atoms with Crippen molar-refractivity contribution in [3.8, 4) is 5.75 Å². The number of aliphatic hydroxyl groups is 1. The van der Waals surface area contributed by atoms with Crippen LogP contribution in [0.25, 0.3) is 0 Å². The van der Waals surface area contributed by atoms with Crippen molar-refractivity contribution in [2.45, 2.75) is 58.0 Å². The Balaban J connectivity index is 1.55. The summed E-state index contributed by atoms with van der Waals surface area (Å²) in [6.45, 7) is 4.84.